The third-order valence-corrected chi connectivity index (χ3v) is 4.25. The minimum atomic E-state index is -0.272. The summed E-state index contributed by atoms with van der Waals surface area (Å²) in [4.78, 5) is 4.10. The molecule has 1 fully saturated rings. The van der Waals surface area contributed by atoms with Crippen molar-refractivity contribution >= 4 is 0 Å². The molecule has 0 aromatic carbocycles. The number of nitrogens with zero attached hydrogens (tertiary/aromatic N) is 1. The molecule has 1 aromatic heterocycles. The summed E-state index contributed by atoms with van der Waals surface area (Å²) in [5.41, 5.74) is 6.61. The van der Waals surface area contributed by atoms with Gasteiger partial charge >= 0.3 is 0 Å². The number of nitrogens with two attached hydrogens (primary N) is 1. The fourth-order valence-corrected chi connectivity index (χ4v) is 2.78. The fraction of sp³-hybridized carbons (Fsp3) is 0.643. The zero-order chi connectivity index (χ0) is 12.4. The summed E-state index contributed by atoms with van der Waals surface area (Å²) < 4.78 is 13.6. The van der Waals surface area contributed by atoms with Crippen LogP contribution in [-0.2, 0) is 0 Å². The Balaban J connectivity index is 2.10. The molecule has 0 saturated heterocycles. The van der Waals surface area contributed by atoms with Crippen molar-refractivity contribution in [1.82, 2.24) is 4.98 Å². The molecule has 0 amide bonds. The molecular formula is C14H21FN2. The van der Waals surface area contributed by atoms with E-state index < -0.39 is 0 Å². The number of aromatic nitrogens is 1. The zero-order valence-corrected chi connectivity index (χ0v) is 10.6. The topological polar surface area (TPSA) is 38.9 Å². The van der Waals surface area contributed by atoms with Crippen LogP contribution in [0.3, 0.4) is 0 Å². The van der Waals surface area contributed by atoms with Crippen LogP contribution in [0.2, 0.25) is 0 Å². The Morgan fingerprint density at radius 3 is 2.76 bits per heavy atom. The van der Waals surface area contributed by atoms with Gasteiger partial charge in [-0.2, -0.15) is 0 Å². The first-order valence-electron chi connectivity index (χ1n) is 6.45. The predicted molar refractivity (Wildman–Crippen MR) is 66.8 cm³/mol. The second kappa shape index (κ2) is 5.13. The maximum atomic E-state index is 13.6. The van der Waals surface area contributed by atoms with Gasteiger partial charge in [0.15, 0.2) is 0 Å². The van der Waals surface area contributed by atoms with E-state index in [0.29, 0.717) is 17.5 Å². The van der Waals surface area contributed by atoms with Gasteiger partial charge in [-0.05, 0) is 42.7 Å². The summed E-state index contributed by atoms with van der Waals surface area (Å²) in [7, 11) is 0. The lowest BCUT2D eigenvalue weighted by atomic mass is 9.73. The van der Waals surface area contributed by atoms with Crippen molar-refractivity contribution in [1.29, 1.82) is 0 Å². The van der Waals surface area contributed by atoms with Gasteiger partial charge in [-0.25, -0.2) is 4.39 Å². The van der Waals surface area contributed by atoms with E-state index in [2.05, 4.69) is 18.8 Å². The van der Waals surface area contributed by atoms with Crippen molar-refractivity contribution in [3.8, 4) is 0 Å². The highest BCUT2D eigenvalue weighted by Gasteiger charge is 2.30. The molecule has 4 unspecified atom stereocenters. The van der Waals surface area contributed by atoms with Crippen molar-refractivity contribution in [3.63, 3.8) is 0 Å². The van der Waals surface area contributed by atoms with Crippen LogP contribution in [0.4, 0.5) is 4.39 Å². The van der Waals surface area contributed by atoms with Gasteiger partial charge in [-0.1, -0.05) is 20.3 Å². The molecule has 2 rings (SSSR count). The maximum Gasteiger partial charge on any atom is 0.146 e. The summed E-state index contributed by atoms with van der Waals surface area (Å²) in [6.07, 6.45) is 4.97. The molecule has 1 aliphatic carbocycles. The van der Waals surface area contributed by atoms with Crippen molar-refractivity contribution in [2.24, 2.45) is 23.5 Å². The highest BCUT2D eigenvalue weighted by molar-refractivity contribution is 5.12. The normalized spacial score (nSPS) is 31.2. The largest absolute Gasteiger partial charge is 0.322 e. The Labute approximate surface area is 102 Å². The van der Waals surface area contributed by atoms with Gasteiger partial charge in [-0.3, -0.25) is 4.98 Å². The second-order valence-corrected chi connectivity index (χ2v) is 5.42. The van der Waals surface area contributed by atoms with E-state index in [1.54, 1.807) is 12.3 Å². The summed E-state index contributed by atoms with van der Waals surface area (Å²) in [6.45, 7) is 4.55. The van der Waals surface area contributed by atoms with Crippen LogP contribution in [0.15, 0.2) is 18.3 Å². The molecule has 0 aliphatic heterocycles. The van der Waals surface area contributed by atoms with Crippen LogP contribution in [0, 0.1) is 23.6 Å². The monoisotopic (exact) mass is 236 g/mol. The SMILES string of the molecule is CC1CCC(C(N)c2ncccc2F)CC1C. The van der Waals surface area contributed by atoms with Gasteiger partial charge in [0, 0.05) is 6.20 Å². The molecule has 0 radical (unpaired) electrons. The van der Waals surface area contributed by atoms with Crippen LogP contribution in [0.5, 0.6) is 0 Å². The van der Waals surface area contributed by atoms with Crippen molar-refractivity contribution in [2.45, 2.75) is 39.2 Å². The van der Waals surface area contributed by atoms with E-state index in [1.165, 1.54) is 12.5 Å². The first-order valence-corrected chi connectivity index (χ1v) is 6.45. The Morgan fingerprint density at radius 2 is 2.12 bits per heavy atom. The molecular weight excluding hydrogens is 215 g/mol. The van der Waals surface area contributed by atoms with E-state index >= 15 is 0 Å². The van der Waals surface area contributed by atoms with Gasteiger partial charge in [0.05, 0.1) is 11.7 Å². The van der Waals surface area contributed by atoms with E-state index in [4.69, 9.17) is 5.73 Å². The first kappa shape index (κ1) is 12.5. The van der Waals surface area contributed by atoms with Crippen LogP contribution < -0.4 is 5.73 Å². The number of halogens is 1. The zero-order valence-electron chi connectivity index (χ0n) is 10.6. The first-order chi connectivity index (χ1) is 8.09. The van der Waals surface area contributed by atoms with E-state index in [9.17, 15) is 4.39 Å². The molecule has 3 heteroatoms. The molecule has 1 heterocycles. The smallest absolute Gasteiger partial charge is 0.146 e. The maximum absolute atomic E-state index is 13.6. The predicted octanol–water partition coefficient (Wildman–Crippen LogP) is 3.29. The van der Waals surface area contributed by atoms with Crippen LogP contribution in [-0.4, -0.2) is 4.98 Å². The Morgan fingerprint density at radius 1 is 1.35 bits per heavy atom. The molecule has 2 N–H and O–H groups in total. The van der Waals surface area contributed by atoms with E-state index in [-0.39, 0.29) is 11.9 Å². The Hall–Kier alpha value is -0.960. The molecule has 4 atom stereocenters. The van der Waals surface area contributed by atoms with Crippen LogP contribution in [0.1, 0.15) is 44.8 Å². The van der Waals surface area contributed by atoms with Crippen LogP contribution >= 0.6 is 0 Å². The molecule has 1 saturated carbocycles. The van der Waals surface area contributed by atoms with Gasteiger partial charge in [0.25, 0.3) is 0 Å². The lowest BCUT2D eigenvalue weighted by Crippen LogP contribution is -2.30. The second-order valence-electron chi connectivity index (χ2n) is 5.42. The van der Waals surface area contributed by atoms with Gasteiger partial charge in [0.1, 0.15) is 5.82 Å². The third-order valence-electron chi connectivity index (χ3n) is 4.25. The average Bonchev–Trinajstić information content (AvgIpc) is 2.32. The van der Waals surface area contributed by atoms with Gasteiger partial charge < -0.3 is 5.73 Å². The average molecular weight is 236 g/mol. The molecule has 94 valence electrons. The van der Waals surface area contributed by atoms with E-state index in [1.807, 2.05) is 0 Å². The number of pyridine rings is 1. The summed E-state index contributed by atoms with van der Waals surface area (Å²) in [5, 5.41) is 0. The molecule has 0 bridgehead atoms. The Kier molecular flexibility index (Phi) is 3.77. The number of hydrogen-bond acceptors (Lipinski definition) is 2. The fourth-order valence-electron chi connectivity index (χ4n) is 2.78. The lowest BCUT2D eigenvalue weighted by molar-refractivity contribution is 0.183. The number of rotatable bonds is 2. The van der Waals surface area contributed by atoms with Gasteiger partial charge in [0.2, 0.25) is 0 Å². The molecule has 1 aromatic rings. The van der Waals surface area contributed by atoms with Crippen molar-refractivity contribution < 1.29 is 4.39 Å². The highest BCUT2D eigenvalue weighted by Crippen LogP contribution is 2.38. The summed E-state index contributed by atoms with van der Waals surface area (Å²) in [6, 6.07) is 2.79. The van der Waals surface area contributed by atoms with Crippen LogP contribution in [0.25, 0.3) is 0 Å². The number of hydrogen-bond donors (Lipinski definition) is 1. The van der Waals surface area contributed by atoms with Crippen molar-refractivity contribution in [2.75, 3.05) is 0 Å². The Bertz CT molecular complexity index is 380. The molecule has 1 aliphatic rings. The highest BCUT2D eigenvalue weighted by atomic mass is 19.1. The molecule has 2 nitrogen and oxygen atoms in total. The van der Waals surface area contributed by atoms with E-state index in [0.717, 1.165) is 18.8 Å². The molecule has 17 heavy (non-hydrogen) atoms. The minimum Gasteiger partial charge on any atom is -0.322 e. The molecule has 0 spiro atoms. The standard InChI is InChI=1S/C14H21FN2/c1-9-5-6-11(8-10(9)2)13(16)14-12(15)4-3-7-17-14/h3-4,7,9-11,13H,5-6,8,16H2,1-2H3. The lowest BCUT2D eigenvalue weighted by Gasteiger charge is -2.35. The van der Waals surface area contributed by atoms with Crippen molar-refractivity contribution in [3.05, 3.63) is 29.8 Å². The third kappa shape index (κ3) is 2.65. The quantitative estimate of drug-likeness (QED) is 0.855. The minimum absolute atomic E-state index is 0.258. The van der Waals surface area contributed by atoms with Gasteiger partial charge in [-0.15, -0.1) is 0 Å². The summed E-state index contributed by atoms with van der Waals surface area (Å²) >= 11 is 0. The summed E-state index contributed by atoms with van der Waals surface area (Å²) in [5.74, 6) is 1.52.